The van der Waals surface area contributed by atoms with Gasteiger partial charge in [-0.25, -0.2) is 4.98 Å². The van der Waals surface area contributed by atoms with Crippen molar-refractivity contribution in [2.75, 3.05) is 0 Å². The highest BCUT2D eigenvalue weighted by Crippen LogP contribution is 2.25. The fourth-order valence-electron chi connectivity index (χ4n) is 2.01. The largest absolute Gasteiger partial charge is 0.269 e. The van der Waals surface area contributed by atoms with Gasteiger partial charge in [0.2, 0.25) is 0 Å². The third-order valence-electron chi connectivity index (χ3n) is 2.87. The fourth-order valence-corrected chi connectivity index (χ4v) is 2.84. The number of thiophene rings is 1. The van der Waals surface area contributed by atoms with Gasteiger partial charge in [-0.05, 0) is 38.1 Å². The minimum atomic E-state index is -0.0286. The number of hydrogen-bond donors (Lipinski definition) is 0. The van der Waals surface area contributed by atoms with Gasteiger partial charge < -0.3 is 0 Å². The molecule has 0 spiro atoms. The fraction of sp³-hybridized carbons (Fsp3) is 0.143. The first-order valence-corrected chi connectivity index (χ1v) is 6.53. The molecule has 0 saturated carbocycles. The molecule has 0 aromatic carbocycles. The van der Waals surface area contributed by atoms with Crippen molar-refractivity contribution in [3.05, 3.63) is 57.3 Å². The van der Waals surface area contributed by atoms with Crippen molar-refractivity contribution >= 4 is 17.0 Å². The average Bonchev–Trinajstić information content (AvgIpc) is 2.75. The van der Waals surface area contributed by atoms with Crippen LogP contribution in [-0.4, -0.2) is 9.38 Å². The van der Waals surface area contributed by atoms with Crippen LogP contribution in [0.5, 0.6) is 0 Å². The zero-order valence-electron chi connectivity index (χ0n) is 10.2. The Morgan fingerprint density at radius 1 is 1.17 bits per heavy atom. The SMILES string of the molecule is Cc1ccc(-c2cc(=O)n3c(C)cccc3n2)s1. The first kappa shape index (κ1) is 11.2. The highest BCUT2D eigenvalue weighted by atomic mass is 32.1. The van der Waals surface area contributed by atoms with Crippen LogP contribution in [-0.2, 0) is 0 Å². The van der Waals surface area contributed by atoms with Crippen molar-refractivity contribution < 1.29 is 0 Å². The van der Waals surface area contributed by atoms with E-state index in [1.54, 1.807) is 21.8 Å². The van der Waals surface area contributed by atoms with Gasteiger partial charge in [0, 0.05) is 16.6 Å². The maximum Gasteiger partial charge on any atom is 0.258 e. The summed E-state index contributed by atoms with van der Waals surface area (Å²) in [6, 6.07) is 11.3. The lowest BCUT2D eigenvalue weighted by Gasteiger charge is -2.05. The summed E-state index contributed by atoms with van der Waals surface area (Å²) in [7, 11) is 0. The molecule has 18 heavy (non-hydrogen) atoms. The Morgan fingerprint density at radius 2 is 2.00 bits per heavy atom. The highest BCUT2D eigenvalue weighted by molar-refractivity contribution is 7.15. The Balaban J connectivity index is 2.31. The van der Waals surface area contributed by atoms with Crippen LogP contribution in [0.4, 0.5) is 0 Å². The molecule has 0 aliphatic heterocycles. The third kappa shape index (κ3) is 1.75. The van der Waals surface area contributed by atoms with E-state index in [0.29, 0.717) is 5.65 Å². The standard InChI is InChI=1S/C14H12N2OS/c1-9-4-3-5-13-15-11(8-14(17)16(9)13)12-7-6-10(2)18-12/h3-8H,1-2H3. The Kier molecular flexibility index (Phi) is 2.52. The summed E-state index contributed by atoms with van der Waals surface area (Å²) in [5, 5.41) is 0. The molecule has 0 unspecified atom stereocenters. The van der Waals surface area contributed by atoms with E-state index >= 15 is 0 Å². The number of hydrogen-bond acceptors (Lipinski definition) is 3. The van der Waals surface area contributed by atoms with E-state index in [-0.39, 0.29) is 5.56 Å². The second-order valence-electron chi connectivity index (χ2n) is 4.25. The molecule has 3 heterocycles. The summed E-state index contributed by atoms with van der Waals surface area (Å²) in [4.78, 5) is 18.9. The van der Waals surface area contributed by atoms with Crippen LogP contribution in [0.2, 0.25) is 0 Å². The van der Waals surface area contributed by atoms with Crippen LogP contribution >= 0.6 is 11.3 Å². The highest BCUT2D eigenvalue weighted by Gasteiger charge is 2.07. The predicted octanol–water partition coefficient (Wildman–Crippen LogP) is 3.04. The Morgan fingerprint density at radius 3 is 2.72 bits per heavy atom. The smallest absolute Gasteiger partial charge is 0.258 e. The van der Waals surface area contributed by atoms with Crippen LogP contribution in [0.3, 0.4) is 0 Å². The van der Waals surface area contributed by atoms with E-state index in [1.807, 2.05) is 44.2 Å². The molecule has 0 aliphatic carbocycles. The maximum atomic E-state index is 12.1. The Hall–Kier alpha value is -1.94. The second-order valence-corrected chi connectivity index (χ2v) is 5.54. The minimum Gasteiger partial charge on any atom is -0.269 e. The van der Waals surface area contributed by atoms with Crippen LogP contribution in [0.25, 0.3) is 16.2 Å². The van der Waals surface area contributed by atoms with Crippen LogP contribution < -0.4 is 5.56 Å². The zero-order valence-corrected chi connectivity index (χ0v) is 11.0. The minimum absolute atomic E-state index is 0.0286. The summed E-state index contributed by atoms with van der Waals surface area (Å²) >= 11 is 1.65. The van der Waals surface area contributed by atoms with Crippen LogP contribution in [0.15, 0.2) is 41.2 Å². The summed E-state index contributed by atoms with van der Waals surface area (Å²) < 4.78 is 1.63. The normalized spacial score (nSPS) is 11.0. The Bertz CT molecular complexity index is 786. The second kappa shape index (κ2) is 4.07. The van der Waals surface area contributed by atoms with E-state index in [0.717, 1.165) is 16.3 Å². The van der Waals surface area contributed by atoms with Crippen molar-refractivity contribution in [3.63, 3.8) is 0 Å². The predicted molar refractivity (Wildman–Crippen MR) is 74.2 cm³/mol. The molecule has 0 bridgehead atoms. The Labute approximate surface area is 108 Å². The monoisotopic (exact) mass is 256 g/mol. The van der Waals surface area contributed by atoms with E-state index < -0.39 is 0 Å². The number of aryl methyl sites for hydroxylation is 2. The summed E-state index contributed by atoms with van der Waals surface area (Å²) in [6.07, 6.45) is 0. The molecular weight excluding hydrogens is 244 g/mol. The van der Waals surface area contributed by atoms with Gasteiger partial charge in [-0.2, -0.15) is 0 Å². The van der Waals surface area contributed by atoms with E-state index in [9.17, 15) is 4.79 Å². The summed E-state index contributed by atoms with van der Waals surface area (Å²) in [5.41, 5.74) is 2.32. The molecule has 0 saturated heterocycles. The van der Waals surface area contributed by atoms with Crippen LogP contribution in [0, 0.1) is 13.8 Å². The topological polar surface area (TPSA) is 34.4 Å². The van der Waals surface area contributed by atoms with Crippen molar-refractivity contribution in [1.82, 2.24) is 9.38 Å². The molecule has 0 atom stereocenters. The first-order valence-electron chi connectivity index (χ1n) is 5.71. The molecule has 3 rings (SSSR count). The molecule has 3 aromatic rings. The summed E-state index contributed by atoms with van der Waals surface area (Å²) in [6.45, 7) is 3.96. The van der Waals surface area contributed by atoms with Gasteiger partial charge in [-0.15, -0.1) is 11.3 Å². The molecule has 0 fully saturated rings. The van der Waals surface area contributed by atoms with E-state index in [1.165, 1.54) is 4.88 Å². The van der Waals surface area contributed by atoms with Gasteiger partial charge in [-0.1, -0.05) is 6.07 Å². The van der Waals surface area contributed by atoms with Gasteiger partial charge in [-0.3, -0.25) is 9.20 Å². The lowest BCUT2D eigenvalue weighted by atomic mass is 10.3. The number of nitrogens with zero attached hydrogens (tertiary/aromatic N) is 2. The van der Waals surface area contributed by atoms with E-state index in [4.69, 9.17) is 0 Å². The van der Waals surface area contributed by atoms with Crippen molar-refractivity contribution in [2.45, 2.75) is 13.8 Å². The molecule has 0 amide bonds. The molecular formula is C14H12N2OS. The molecule has 0 N–H and O–H groups in total. The first-order chi connectivity index (χ1) is 8.65. The zero-order chi connectivity index (χ0) is 12.7. The van der Waals surface area contributed by atoms with Gasteiger partial charge in [0.15, 0.2) is 0 Å². The number of rotatable bonds is 1. The average molecular weight is 256 g/mol. The van der Waals surface area contributed by atoms with E-state index in [2.05, 4.69) is 4.98 Å². The number of pyridine rings is 1. The lowest BCUT2D eigenvalue weighted by Crippen LogP contribution is -2.16. The van der Waals surface area contributed by atoms with Gasteiger partial charge in [0.1, 0.15) is 5.65 Å². The molecule has 4 heteroatoms. The molecule has 0 radical (unpaired) electrons. The van der Waals surface area contributed by atoms with Crippen molar-refractivity contribution in [3.8, 4) is 10.6 Å². The van der Waals surface area contributed by atoms with Crippen molar-refractivity contribution in [2.24, 2.45) is 0 Å². The molecule has 0 aliphatic rings. The van der Waals surface area contributed by atoms with Gasteiger partial charge in [0.05, 0.1) is 10.6 Å². The molecule has 3 aromatic heterocycles. The number of aromatic nitrogens is 2. The summed E-state index contributed by atoms with van der Waals surface area (Å²) in [5.74, 6) is 0. The lowest BCUT2D eigenvalue weighted by molar-refractivity contribution is 0.994. The van der Waals surface area contributed by atoms with Crippen LogP contribution in [0.1, 0.15) is 10.6 Å². The number of fused-ring (bicyclic) bond motifs is 1. The quantitative estimate of drug-likeness (QED) is 0.670. The van der Waals surface area contributed by atoms with Crippen molar-refractivity contribution in [1.29, 1.82) is 0 Å². The molecule has 90 valence electrons. The maximum absolute atomic E-state index is 12.1. The van der Waals surface area contributed by atoms with Gasteiger partial charge >= 0.3 is 0 Å². The third-order valence-corrected chi connectivity index (χ3v) is 3.90. The van der Waals surface area contributed by atoms with Gasteiger partial charge in [0.25, 0.3) is 5.56 Å². The molecule has 3 nitrogen and oxygen atoms in total.